The third-order valence-electron chi connectivity index (χ3n) is 4.32. The van der Waals surface area contributed by atoms with Gasteiger partial charge in [0.2, 0.25) is 0 Å². The lowest BCUT2D eigenvalue weighted by atomic mass is 10.1. The van der Waals surface area contributed by atoms with Crippen LogP contribution < -0.4 is 19.7 Å². The fraction of sp³-hybridized carbons (Fsp3) is 0.300. The van der Waals surface area contributed by atoms with Gasteiger partial charge in [0.15, 0.2) is 11.5 Å². The fourth-order valence-corrected chi connectivity index (χ4v) is 2.93. The van der Waals surface area contributed by atoms with Crippen molar-refractivity contribution in [2.75, 3.05) is 32.2 Å². The summed E-state index contributed by atoms with van der Waals surface area (Å²) in [4.78, 5) is 26.0. The third-order valence-corrected chi connectivity index (χ3v) is 4.32. The monoisotopic (exact) mass is 370 g/mol. The van der Waals surface area contributed by atoms with Crippen molar-refractivity contribution in [3.8, 4) is 11.5 Å². The highest BCUT2D eigenvalue weighted by Gasteiger charge is 2.33. The Morgan fingerprint density at radius 2 is 1.96 bits per heavy atom. The molecule has 1 fully saturated rings. The largest absolute Gasteiger partial charge is 0.493 e. The van der Waals surface area contributed by atoms with Gasteiger partial charge in [0, 0.05) is 11.6 Å². The van der Waals surface area contributed by atoms with Gasteiger partial charge in [0.05, 0.1) is 33.0 Å². The van der Waals surface area contributed by atoms with E-state index in [0.29, 0.717) is 29.3 Å². The van der Waals surface area contributed by atoms with Crippen molar-refractivity contribution in [1.29, 1.82) is 0 Å². The molecule has 7 nitrogen and oxygen atoms in total. The van der Waals surface area contributed by atoms with E-state index in [1.54, 1.807) is 31.4 Å². The molecule has 2 aromatic carbocycles. The van der Waals surface area contributed by atoms with Gasteiger partial charge in [-0.2, -0.15) is 0 Å². The number of carbonyl (C=O) groups is 2. The number of methoxy groups -OCH3 is 2. The lowest BCUT2D eigenvalue weighted by Crippen LogP contribution is -2.34. The van der Waals surface area contributed by atoms with E-state index >= 15 is 0 Å². The SMILES string of the molecule is COc1ccc(N2CC(CNC(=O)c3cccc(C)c3)OC2=O)cc1OC. The molecule has 27 heavy (non-hydrogen) atoms. The van der Waals surface area contributed by atoms with Crippen LogP contribution in [0.4, 0.5) is 10.5 Å². The van der Waals surface area contributed by atoms with Gasteiger partial charge < -0.3 is 19.5 Å². The molecule has 0 bridgehead atoms. The van der Waals surface area contributed by atoms with E-state index in [4.69, 9.17) is 14.2 Å². The molecule has 1 atom stereocenters. The summed E-state index contributed by atoms with van der Waals surface area (Å²) in [6.45, 7) is 2.50. The number of aryl methyl sites for hydroxylation is 1. The van der Waals surface area contributed by atoms with Gasteiger partial charge in [-0.25, -0.2) is 4.79 Å². The summed E-state index contributed by atoms with van der Waals surface area (Å²) in [5.74, 6) is 0.911. The second kappa shape index (κ2) is 7.99. The highest BCUT2D eigenvalue weighted by molar-refractivity contribution is 5.94. The van der Waals surface area contributed by atoms with E-state index in [9.17, 15) is 9.59 Å². The van der Waals surface area contributed by atoms with Crippen molar-refractivity contribution in [1.82, 2.24) is 5.32 Å². The molecule has 1 aliphatic heterocycles. The summed E-state index contributed by atoms with van der Waals surface area (Å²) < 4.78 is 15.9. The molecular weight excluding hydrogens is 348 g/mol. The fourth-order valence-electron chi connectivity index (χ4n) is 2.93. The van der Waals surface area contributed by atoms with Gasteiger partial charge in [-0.15, -0.1) is 0 Å². The first kappa shape index (κ1) is 18.6. The second-order valence-electron chi connectivity index (χ2n) is 6.24. The molecule has 1 aliphatic rings. The number of hydrogen-bond donors (Lipinski definition) is 1. The molecule has 1 saturated heterocycles. The van der Waals surface area contributed by atoms with E-state index in [1.165, 1.54) is 12.0 Å². The van der Waals surface area contributed by atoms with Gasteiger partial charge in [0.25, 0.3) is 5.91 Å². The third kappa shape index (κ3) is 4.13. The van der Waals surface area contributed by atoms with Crippen molar-refractivity contribution in [2.45, 2.75) is 13.0 Å². The molecule has 1 heterocycles. The molecule has 7 heteroatoms. The number of nitrogens with zero attached hydrogens (tertiary/aromatic N) is 1. The molecule has 0 aliphatic carbocycles. The van der Waals surface area contributed by atoms with Crippen LogP contribution in [0, 0.1) is 6.92 Å². The Balaban J connectivity index is 1.63. The zero-order chi connectivity index (χ0) is 19.4. The highest BCUT2D eigenvalue weighted by atomic mass is 16.6. The normalized spacial score (nSPS) is 16.0. The molecule has 0 spiro atoms. The predicted molar refractivity (Wildman–Crippen MR) is 101 cm³/mol. The molecule has 3 rings (SSSR count). The first-order valence-corrected chi connectivity index (χ1v) is 8.57. The van der Waals surface area contributed by atoms with Crippen LogP contribution in [-0.4, -0.2) is 45.4 Å². The van der Waals surface area contributed by atoms with E-state index in [1.807, 2.05) is 25.1 Å². The number of benzene rings is 2. The zero-order valence-electron chi connectivity index (χ0n) is 15.5. The van der Waals surface area contributed by atoms with Crippen molar-refractivity contribution in [3.05, 3.63) is 53.6 Å². The minimum Gasteiger partial charge on any atom is -0.493 e. The maximum Gasteiger partial charge on any atom is 0.414 e. The van der Waals surface area contributed by atoms with Crippen LogP contribution in [0.1, 0.15) is 15.9 Å². The molecule has 1 unspecified atom stereocenters. The Labute approximate surface area is 157 Å². The Kier molecular flexibility index (Phi) is 5.49. The number of amides is 2. The van der Waals surface area contributed by atoms with Crippen molar-refractivity contribution >= 4 is 17.7 Å². The van der Waals surface area contributed by atoms with Crippen LogP contribution in [-0.2, 0) is 4.74 Å². The molecule has 2 amide bonds. The average Bonchev–Trinajstić information content (AvgIpc) is 3.06. The topological polar surface area (TPSA) is 77.1 Å². The lowest BCUT2D eigenvalue weighted by molar-refractivity contribution is 0.0916. The first-order chi connectivity index (χ1) is 13.0. The number of nitrogens with one attached hydrogen (secondary N) is 1. The standard InChI is InChI=1S/C20H22N2O5/c1-13-5-4-6-14(9-13)19(23)21-11-16-12-22(20(24)27-16)15-7-8-17(25-2)18(10-15)26-3/h4-10,16H,11-12H2,1-3H3,(H,21,23). The minimum atomic E-state index is -0.461. The Bertz CT molecular complexity index is 852. The van der Waals surface area contributed by atoms with Crippen molar-refractivity contribution in [2.24, 2.45) is 0 Å². The first-order valence-electron chi connectivity index (χ1n) is 8.57. The summed E-state index contributed by atoms with van der Waals surface area (Å²) in [7, 11) is 3.09. The summed E-state index contributed by atoms with van der Waals surface area (Å²) in [6, 6.07) is 12.5. The van der Waals surface area contributed by atoms with Crippen LogP contribution >= 0.6 is 0 Å². The van der Waals surface area contributed by atoms with E-state index in [2.05, 4.69) is 5.32 Å². The molecular formula is C20H22N2O5. The molecule has 142 valence electrons. The number of hydrogen-bond acceptors (Lipinski definition) is 5. The molecule has 1 N–H and O–H groups in total. The smallest absolute Gasteiger partial charge is 0.414 e. The minimum absolute atomic E-state index is 0.195. The van der Waals surface area contributed by atoms with Crippen LogP contribution in [0.25, 0.3) is 0 Å². The number of ether oxygens (including phenoxy) is 3. The molecule has 0 radical (unpaired) electrons. The van der Waals surface area contributed by atoms with Crippen molar-refractivity contribution in [3.63, 3.8) is 0 Å². The Morgan fingerprint density at radius 3 is 2.67 bits per heavy atom. The van der Waals surface area contributed by atoms with Crippen LogP contribution in [0.15, 0.2) is 42.5 Å². The summed E-state index contributed by atoms with van der Waals surface area (Å²) in [6.07, 6.45) is -0.892. The van der Waals surface area contributed by atoms with Gasteiger partial charge in [-0.05, 0) is 31.2 Å². The second-order valence-corrected chi connectivity index (χ2v) is 6.24. The lowest BCUT2D eigenvalue weighted by Gasteiger charge is -2.15. The van der Waals surface area contributed by atoms with E-state index in [0.717, 1.165) is 5.56 Å². The predicted octanol–water partition coefficient (Wildman–Crippen LogP) is 2.77. The maximum absolute atomic E-state index is 12.2. The van der Waals surface area contributed by atoms with E-state index in [-0.39, 0.29) is 12.5 Å². The van der Waals surface area contributed by atoms with Crippen LogP contribution in [0.5, 0.6) is 11.5 Å². The van der Waals surface area contributed by atoms with Crippen LogP contribution in [0.2, 0.25) is 0 Å². The van der Waals surface area contributed by atoms with E-state index < -0.39 is 12.2 Å². The zero-order valence-corrected chi connectivity index (χ0v) is 15.5. The number of cyclic esters (lactones) is 1. The summed E-state index contributed by atoms with van der Waals surface area (Å²) in [5.41, 5.74) is 2.23. The molecule has 0 saturated carbocycles. The van der Waals surface area contributed by atoms with Crippen LogP contribution in [0.3, 0.4) is 0 Å². The van der Waals surface area contributed by atoms with Gasteiger partial charge in [-0.3, -0.25) is 9.69 Å². The van der Waals surface area contributed by atoms with Gasteiger partial charge >= 0.3 is 6.09 Å². The molecule has 2 aromatic rings. The Hall–Kier alpha value is -3.22. The summed E-state index contributed by atoms with van der Waals surface area (Å²) >= 11 is 0. The highest BCUT2D eigenvalue weighted by Crippen LogP contribution is 2.33. The van der Waals surface area contributed by atoms with Crippen molar-refractivity contribution < 1.29 is 23.8 Å². The quantitative estimate of drug-likeness (QED) is 0.846. The van der Waals surface area contributed by atoms with Gasteiger partial charge in [0.1, 0.15) is 6.10 Å². The maximum atomic E-state index is 12.2. The van der Waals surface area contributed by atoms with Gasteiger partial charge in [-0.1, -0.05) is 17.7 Å². The Morgan fingerprint density at radius 1 is 1.19 bits per heavy atom. The number of carbonyl (C=O) groups excluding carboxylic acids is 2. The summed E-state index contributed by atoms with van der Waals surface area (Å²) in [5, 5.41) is 2.81. The average molecular weight is 370 g/mol. The number of anilines is 1. The molecule has 0 aromatic heterocycles. The number of rotatable bonds is 6.